The summed E-state index contributed by atoms with van der Waals surface area (Å²) in [6.45, 7) is 1.22. The van der Waals surface area contributed by atoms with E-state index in [-0.39, 0.29) is 6.61 Å². The number of furan rings is 1. The molecule has 13 heavy (non-hydrogen) atoms. The van der Waals surface area contributed by atoms with E-state index in [1.807, 2.05) is 12.1 Å². The molecule has 0 saturated carbocycles. The molecule has 0 spiro atoms. The topological polar surface area (TPSA) is 42.6 Å². The standard InChI is InChI=1S/C9H14O3S/c10-3-5-11-6-7-13-8-9-2-1-4-12-9/h1-2,4,10H,3,5-8H2. The van der Waals surface area contributed by atoms with Gasteiger partial charge in [-0.05, 0) is 12.1 Å². The van der Waals surface area contributed by atoms with Gasteiger partial charge in [-0.25, -0.2) is 0 Å². The third-order valence-corrected chi connectivity index (χ3v) is 2.38. The predicted molar refractivity (Wildman–Crippen MR) is 52.8 cm³/mol. The number of hydrogen-bond donors (Lipinski definition) is 1. The highest BCUT2D eigenvalue weighted by molar-refractivity contribution is 7.98. The van der Waals surface area contributed by atoms with Gasteiger partial charge in [-0.2, -0.15) is 11.8 Å². The minimum absolute atomic E-state index is 0.100. The Morgan fingerprint density at radius 3 is 3.08 bits per heavy atom. The zero-order valence-electron chi connectivity index (χ0n) is 7.44. The van der Waals surface area contributed by atoms with Gasteiger partial charge in [-0.15, -0.1) is 0 Å². The van der Waals surface area contributed by atoms with Crippen molar-refractivity contribution in [3.63, 3.8) is 0 Å². The van der Waals surface area contributed by atoms with Gasteiger partial charge < -0.3 is 14.3 Å². The second kappa shape index (κ2) is 7.00. The molecule has 0 radical (unpaired) electrons. The second-order valence-electron chi connectivity index (χ2n) is 2.47. The van der Waals surface area contributed by atoms with Gasteiger partial charge in [0, 0.05) is 5.75 Å². The fourth-order valence-electron chi connectivity index (χ4n) is 0.852. The molecule has 1 N–H and O–H groups in total. The van der Waals surface area contributed by atoms with Crippen molar-refractivity contribution in [1.29, 1.82) is 0 Å². The number of thioether (sulfide) groups is 1. The average Bonchev–Trinajstić information content (AvgIpc) is 2.63. The van der Waals surface area contributed by atoms with Gasteiger partial charge in [-0.3, -0.25) is 0 Å². The molecule has 1 aromatic heterocycles. The van der Waals surface area contributed by atoms with E-state index in [4.69, 9.17) is 14.3 Å². The molecule has 0 unspecified atom stereocenters. The Bertz CT molecular complexity index is 199. The van der Waals surface area contributed by atoms with Crippen LogP contribution in [-0.2, 0) is 10.5 Å². The molecular formula is C9H14O3S. The van der Waals surface area contributed by atoms with E-state index >= 15 is 0 Å². The highest BCUT2D eigenvalue weighted by Gasteiger charge is 1.95. The lowest BCUT2D eigenvalue weighted by Gasteiger charge is -2.00. The molecule has 0 aliphatic heterocycles. The first-order valence-corrected chi connectivity index (χ1v) is 5.37. The summed E-state index contributed by atoms with van der Waals surface area (Å²) in [5, 5.41) is 8.43. The summed E-state index contributed by atoms with van der Waals surface area (Å²) in [7, 11) is 0. The van der Waals surface area contributed by atoms with Crippen LogP contribution in [0.4, 0.5) is 0 Å². The van der Waals surface area contributed by atoms with Crippen LogP contribution >= 0.6 is 11.8 Å². The molecule has 0 aliphatic carbocycles. The summed E-state index contributed by atoms with van der Waals surface area (Å²) in [5.74, 6) is 2.81. The Morgan fingerprint density at radius 2 is 2.38 bits per heavy atom. The summed E-state index contributed by atoms with van der Waals surface area (Å²) >= 11 is 1.76. The van der Waals surface area contributed by atoms with Crippen LogP contribution in [0.3, 0.4) is 0 Å². The van der Waals surface area contributed by atoms with Crippen LogP contribution in [0.2, 0.25) is 0 Å². The Labute approximate surface area is 82.1 Å². The fourth-order valence-corrected chi connectivity index (χ4v) is 1.60. The van der Waals surface area contributed by atoms with E-state index < -0.39 is 0 Å². The molecule has 0 fully saturated rings. The SMILES string of the molecule is OCCOCCSCc1ccco1. The predicted octanol–water partition coefficient (Wildman–Crippen LogP) is 1.52. The monoisotopic (exact) mass is 202 g/mol. The Morgan fingerprint density at radius 1 is 1.46 bits per heavy atom. The largest absolute Gasteiger partial charge is 0.468 e. The zero-order valence-corrected chi connectivity index (χ0v) is 8.26. The summed E-state index contributed by atoms with van der Waals surface area (Å²) in [5.41, 5.74) is 0. The van der Waals surface area contributed by atoms with Gasteiger partial charge in [-0.1, -0.05) is 0 Å². The molecule has 0 saturated heterocycles. The molecular weight excluding hydrogens is 188 g/mol. The molecule has 0 atom stereocenters. The summed E-state index contributed by atoms with van der Waals surface area (Å²) < 4.78 is 10.3. The van der Waals surface area contributed by atoms with Gasteiger partial charge in [0.25, 0.3) is 0 Å². The summed E-state index contributed by atoms with van der Waals surface area (Å²) in [6, 6.07) is 3.85. The van der Waals surface area contributed by atoms with Crippen LogP contribution < -0.4 is 0 Å². The molecule has 0 aliphatic rings. The van der Waals surface area contributed by atoms with Gasteiger partial charge in [0.05, 0.1) is 31.8 Å². The van der Waals surface area contributed by atoms with Crippen LogP contribution in [0.5, 0.6) is 0 Å². The zero-order chi connectivity index (χ0) is 9.36. The van der Waals surface area contributed by atoms with E-state index in [2.05, 4.69) is 0 Å². The summed E-state index contributed by atoms with van der Waals surface area (Å²) in [6.07, 6.45) is 1.68. The van der Waals surface area contributed by atoms with Gasteiger partial charge in [0.2, 0.25) is 0 Å². The van der Waals surface area contributed by atoms with Crippen molar-refractivity contribution in [3.05, 3.63) is 24.2 Å². The van der Waals surface area contributed by atoms with Crippen molar-refractivity contribution in [2.45, 2.75) is 5.75 Å². The molecule has 3 nitrogen and oxygen atoms in total. The molecule has 1 rings (SSSR count). The van der Waals surface area contributed by atoms with E-state index in [1.54, 1.807) is 18.0 Å². The first-order chi connectivity index (χ1) is 6.43. The lowest BCUT2D eigenvalue weighted by atomic mass is 10.5. The van der Waals surface area contributed by atoms with Crippen molar-refractivity contribution >= 4 is 11.8 Å². The van der Waals surface area contributed by atoms with Crippen molar-refractivity contribution in [2.75, 3.05) is 25.6 Å². The second-order valence-corrected chi connectivity index (χ2v) is 3.57. The number of hydrogen-bond acceptors (Lipinski definition) is 4. The maximum atomic E-state index is 8.43. The molecule has 4 heteroatoms. The van der Waals surface area contributed by atoms with Crippen molar-refractivity contribution in [1.82, 2.24) is 0 Å². The van der Waals surface area contributed by atoms with Crippen LogP contribution in [0.1, 0.15) is 5.76 Å². The lowest BCUT2D eigenvalue weighted by Crippen LogP contribution is -2.02. The third-order valence-electron chi connectivity index (χ3n) is 1.43. The van der Waals surface area contributed by atoms with Crippen molar-refractivity contribution in [3.8, 4) is 0 Å². The Kier molecular flexibility index (Phi) is 5.73. The van der Waals surface area contributed by atoms with Crippen LogP contribution in [0.25, 0.3) is 0 Å². The molecule has 1 heterocycles. The van der Waals surface area contributed by atoms with E-state index in [1.165, 1.54) is 0 Å². The quantitative estimate of drug-likeness (QED) is 0.681. The summed E-state index contributed by atoms with van der Waals surface area (Å²) in [4.78, 5) is 0. The number of rotatable bonds is 7. The van der Waals surface area contributed by atoms with Crippen LogP contribution in [0, 0.1) is 0 Å². The molecule has 0 aromatic carbocycles. The average molecular weight is 202 g/mol. The minimum atomic E-state index is 0.100. The lowest BCUT2D eigenvalue weighted by molar-refractivity contribution is 0.103. The van der Waals surface area contributed by atoms with Crippen LogP contribution in [-0.4, -0.2) is 30.7 Å². The first kappa shape index (κ1) is 10.6. The highest BCUT2D eigenvalue weighted by atomic mass is 32.2. The Balaban J connectivity index is 1.90. The molecule has 74 valence electrons. The van der Waals surface area contributed by atoms with Gasteiger partial charge in [0.15, 0.2) is 0 Å². The Hall–Kier alpha value is -0.450. The number of ether oxygens (including phenoxy) is 1. The first-order valence-electron chi connectivity index (χ1n) is 4.22. The van der Waals surface area contributed by atoms with Crippen molar-refractivity contribution in [2.24, 2.45) is 0 Å². The maximum Gasteiger partial charge on any atom is 0.113 e. The third kappa shape index (κ3) is 4.98. The minimum Gasteiger partial charge on any atom is -0.468 e. The van der Waals surface area contributed by atoms with Gasteiger partial charge in [0.1, 0.15) is 5.76 Å². The van der Waals surface area contributed by atoms with E-state index in [0.717, 1.165) is 17.3 Å². The smallest absolute Gasteiger partial charge is 0.113 e. The van der Waals surface area contributed by atoms with Crippen LogP contribution in [0.15, 0.2) is 22.8 Å². The number of aliphatic hydroxyl groups excluding tert-OH is 1. The maximum absolute atomic E-state index is 8.43. The molecule has 0 amide bonds. The fraction of sp³-hybridized carbons (Fsp3) is 0.556. The van der Waals surface area contributed by atoms with Crippen molar-refractivity contribution < 1.29 is 14.3 Å². The highest BCUT2D eigenvalue weighted by Crippen LogP contribution is 2.11. The van der Waals surface area contributed by atoms with Gasteiger partial charge >= 0.3 is 0 Å². The normalized spacial score (nSPS) is 10.5. The van der Waals surface area contributed by atoms with E-state index in [9.17, 15) is 0 Å². The van der Waals surface area contributed by atoms with E-state index in [0.29, 0.717) is 13.2 Å². The molecule has 1 aromatic rings. The number of aliphatic hydroxyl groups is 1. The molecule has 0 bridgehead atoms.